The van der Waals surface area contributed by atoms with Crippen molar-refractivity contribution in [3.05, 3.63) is 72.7 Å². The summed E-state index contributed by atoms with van der Waals surface area (Å²) in [6.07, 6.45) is 4.33. The Labute approximate surface area is 215 Å². The molecule has 35 heavy (non-hydrogen) atoms. The van der Waals surface area contributed by atoms with Gasteiger partial charge in [0, 0.05) is 11.4 Å². The number of carbonyl (C=O) groups excluding carboxylic acids is 1. The number of nitrogens with one attached hydrogen (secondary N) is 1. The Morgan fingerprint density at radius 1 is 1.09 bits per heavy atom. The van der Waals surface area contributed by atoms with Gasteiger partial charge in [-0.15, -0.1) is 11.8 Å². The Morgan fingerprint density at radius 2 is 1.86 bits per heavy atom. The molecule has 7 nitrogen and oxygen atoms in total. The number of furan rings is 1. The average Bonchev–Trinajstić information content (AvgIpc) is 3.39. The van der Waals surface area contributed by atoms with E-state index in [0.717, 1.165) is 32.9 Å². The van der Waals surface area contributed by atoms with Crippen molar-refractivity contribution in [2.45, 2.75) is 28.9 Å². The Balaban J connectivity index is 1.70. The van der Waals surface area contributed by atoms with E-state index in [2.05, 4.69) is 5.32 Å². The molecule has 1 heterocycles. The standard InChI is InChI=1S/C25H30N2O5S3/c1-3-31-24-10-5-4-9-23(24)27(35(29,30)22-13-11-21(33-2)12-14-22)18-25(28)26-15-7-17-34-19-20-8-6-16-32-20/h4-6,8-14,16H,3,7,15,17-19H2,1-2H3,(H,26,28). The van der Waals surface area contributed by atoms with Gasteiger partial charge in [0.1, 0.15) is 18.1 Å². The smallest absolute Gasteiger partial charge is 0.264 e. The fourth-order valence-electron chi connectivity index (χ4n) is 3.27. The van der Waals surface area contributed by atoms with Crippen molar-refractivity contribution in [1.29, 1.82) is 0 Å². The maximum atomic E-state index is 13.6. The second-order valence-electron chi connectivity index (χ2n) is 7.42. The Hall–Kier alpha value is -2.56. The minimum absolute atomic E-state index is 0.115. The molecular weight excluding hydrogens is 504 g/mol. The van der Waals surface area contributed by atoms with Gasteiger partial charge in [-0.05, 0) is 73.9 Å². The van der Waals surface area contributed by atoms with Crippen molar-refractivity contribution in [3.8, 4) is 5.75 Å². The van der Waals surface area contributed by atoms with E-state index >= 15 is 0 Å². The first-order chi connectivity index (χ1) is 17.0. The second kappa shape index (κ2) is 13.5. The number of hydrogen-bond donors (Lipinski definition) is 1. The topological polar surface area (TPSA) is 88.8 Å². The molecule has 1 aromatic heterocycles. The van der Waals surface area contributed by atoms with Crippen LogP contribution in [0.2, 0.25) is 0 Å². The fourth-order valence-corrected chi connectivity index (χ4v) is 5.97. The number of para-hydroxylation sites is 2. The number of hydrogen-bond acceptors (Lipinski definition) is 7. The largest absolute Gasteiger partial charge is 0.492 e. The third-order valence-corrected chi connectivity index (χ3v) is 8.56. The summed E-state index contributed by atoms with van der Waals surface area (Å²) in [5.41, 5.74) is 0.326. The van der Waals surface area contributed by atoms with Gasteiger partial charge in [0.25, 0.3) is 10.0 Å². The summed E-state index contributed by atoms with van der Waals surface area (Å²) in [5, 5.41) is 2.84. The number of rotatable bonds is 14. The van der Waals surface area contributed by atoms with Crippen molar-refractivity contribution in [2.24, 2.45) is 0 Å². The van der Waals surface area contributed by atoms with E-state index in [0.29, 0.717) is 24.6 Å². The summed E-state index contributed by atoms with van der Waals surface area (Å²) in [7, 11) is -4.01. The summed E-state index contributed by atoms with van der Waals surface area (Å²) in [5.74, 6) is 2.56. The van der Waals surface area contributed by atoms with Gasteiger partial charge in [0.15, 0.2) is 0 Å². The van der Waals surface area contributed by atoms with Crippen molar-refractivity contribution in [1.82, 2.24) is 5.32 Å². The highest BCUT2D eigenvalue weighted by molar-refractivity contribution is 7.98. The minimum Gasteiger partial charge on any atom is -0.492 e. The van der Waals surface area contributed by atoms with Crippen LogP contribution in [0.4, 0.5) is 5.69 Å². The number of amides is 1. The van der Waals surface area contributed by atoms with Gasteiger partial charge in [-0.2, -0.15) is 11.8 Å². The first kappa shape index (κ1) is 27.0. The zero-order chi connectivity index (χ0) is 25.1. The van der Waals surface area contributed by atoms with Gasteiger partial charge in [-0.1, -0.05) is 12.1 Å². The maximum absolute atomic E-state index is 13.6. The third-order valence-electron chi connectivity index (χ3n) is 4.98. The van der Waals surface area contributed by atoms with E-state index in [9.17, 15) is 13.2 Å². The molecule has 0 unspecified atom stereocenters. The number of nitrogens with zero attached hydrogens (tertiary/aromatic N) is 1. The molecule has 10 heteroatoms. The van der Waals surface area contributed by atoms with Crippen LogP contribution in [0.3, 0.4) is 0 Å². The van der Waals surface area contributed by atoms with E-state index in [1.165, 1.54) is 11.8 Å². The van der Waals surface area contributed by atoms with Crippen LogP contribution in [-0.2, 0) is 20.6 Å². The molecule has 0 aliphatic heterocycles. The van der Waals surface area contributed by atoms with Crippen LogP contribution in [0.5, 0.6) is 5.75 Å². The number of anilines is 1. The molecule has 0 saturated carbocycles. The molecule has 188 valence electrons. The molecule has 0 atom stereocenters. The summed E-state index contributed by atoms with van der Waals surface area (Å²) in [4.78, 5) is 13.9. The average molecular weight is 535 g/mol. The van der Waals surface area contributed by atoms with Crippen LogP contribution in [0, 0.1) is 0 Å². The van der Waals surface area contributed by atoms with E-state index in [1.807, 2.05) is 25.3 Å². The predicted octanol–water partition coefficient (Wildman–Crippen LogP) is 5.04. The molecular formula is C25H30N2O5S3. The number of ether oxygens (including phenoxy) is 1. The highest BCUT2D eigenvalue weighted by Crippen LogP contribution is 2.32. The molecule has 0 saturated heterocycles. The number of sulfonamides is 1. The molecule has 3 aromatic rings. The normalized spacial score (nSPS) is 11.3. The van der Waals surface area contributed by atoms with E-state index in [-0.39, 0.29) is 17.3 Å². The zero-order valence-corrected chi connectivity index (χ0v) is 22.3. The van der Waals surface area contributed by atoms with Gasteiger partial charge < -0.3 is 14.5 Å². The van der Waals surface area contributed by atoms with Crippen molar-refractivity contribution in [3.63, 3.8) is 0 Å². The highest BCUT2D eigenvalue weighted by Gasteiger charge is 2.29. The first-order valence-corrected chi connectivity index (χ1v) is 15.0. The van der Waals surface area contributed by atoms with Crippen LogP contribution in [0.25, 0.3) is 0 Å². The molecule has 0 fully saturated rings. The summed E-state index contributed by atoms with van der Waals surface area (Å²) in [6.45, 7) is 2.30. The molecule has 1 N–H and O–H groups in total. The zero-order valence-electron chi connectivity index (χ0n) is 19.8. The lowest BCUT2D eigenvalue weighted by molar-refractivity contribution is -0.119. The Bertz CT molecular complexity index is 1170. The first-order valence-electron chi connectivity index (χ1n) is 11.2. The monoisotopic (exact) mass is 534 g/mol. The fraction of sp³-hybridized carbons (Fsp3) is 0.320. The van der Waals surface area contributed by atoms with Gasteiger partial charge >= 0.3 is 0 Å². The van der Waals surface area contributed by atoms with E-state index < -0.39 is 10.0 Å². The van der Waals surface area contributed by atoms with Crippen molar-refractivity contribution in [2.75, 3.05) is 36.0 Å². The number of benzene rings is 2. The SMILES string of the molecule is CCOc1ccccc1N(CC(=O)NCCCSCc1ccco1)S(=O)(=O)c1ccc(SC)cc1. The van der Waals surface area contributed by atoms with Crippen LogP contribution in [0.15, 0.2) is 81.1 Å². The molecule has 0 spiro atoms. The van der Waals surface area contributed by atoms with Gasteiger partial charge in [-0.3, -0.25) is 9.10 Å². The van der Waals surface area contributed by atoms with Crippen molar-refractivity contribution >= 4 is 45.1 Å². The Kier molecular flexibility index (Phi) is 10.4. The maximum Gasteiger partial charge on any atom is 0.264 e. The molecule has 0 radical (unpaired) electrons. The molecule has 0 bridgehead atoms. The predicted molar refractivity (Wildman–Crippen MR) is 143 cm³/mol. The number of thioether (sulfide) groups is 2. The Morgan fingerprint density at radius 3 is 2.54 bits per heavy atom. The minimum atomic E-state index is -4.01. The van der Waals surface area contributed by atoms with Gasteiger partial charge in [-0.25, -0.2) is 8.42 Å². The molecule has 0 aliphatic carbocycles. The molecule has 2 aromatic carbocycles. The molecule has 1 amide bonds. The van der Waals surface area contributed by atoms with Crippen LogP contribution in [0.1, 0.15) is 19.1 Å². The highest BCUT2D eigenvalue weighted by atomic mass is 32.2. The van der Waals surface area contributed by atoms with Crippen LogP contribution < -0.4 is 14.4 Å². The number of carbonyl (C=O) groups is 1. The summed E-state index contributed by atoms with van der Waals surface area (Å²) < 4.78 is 39.3. The summed E-state index contributed by atoms with van der Waals surface area (Å²) in [6, 6.07) is 17.3. The molecule has 0 aliphatic rings. The third kappa shape index (κ3) is 7.71. The second-order valence-corrected chi connectivity index (χ2v) is 11.3. The lowest BCUT2D eigenvalue weighted by atomic mass is 10.3. The van der Waals surface area contributed by atoms with Crippen LogP contribution in [-0.4, -0.2) is 46.0 Å². The quantitative estimate of drug-likeness (QED) is 0.229. The van der Waals surface area contributed by atoms with E-state index in [4.69, 9.17) is 9.15 Å². The lowest BCUT2D eigenvalue weighted by Gasteiger charge is -2.26. The van der Waals surface area contributed by atoms with Gasteiger partial charge in [0.2, 0.25) is 5.91 Å². The lowest BCUT2D eigenvalue weighted by Crippen LogP contribution is -2.41. The van der Waals surface area contributed by atoms with Gasteiger partial charge in [0.05, 0.1) is 29.2 Å². The molecule has 3 rings (SSSR count). The van der Waals surface area contributed by atoms with Crippen molar-refractivity contribution < 1.29 is 22.4 Å². The summed E-state index contributed by atoms with van der Waals surface area (Å²) >= 11 is 3.24. The van der Waals surface area contributed by atoms with E-state index in [1.54, 1.807) is 66.6 Å². The van der Waals surface area contributed by atoms with Crippen LogP contribution >= 0.6 is 23.5 Å².